The first-order valence-corrected chi connectivity index (χ1v) is 10.9. The van der Waals surface area contributed by atoms with Gasteiger partial charge in [0.1, 0.15) is 6.10 Å². The van der Waals surface area contributed by atoms with Crippen molar-refractivity contribution in [2.24, 2.45) is 11.3 Å². The SMILES string of the molecule is CC=C(C)C(=O)OC1CC2(C)CC(=O)C(C)(OC(=O)C(C)=CC)CCC2=C1C(C)C. The number of Topliss-reactive ketones (excluding diaryl/α,β-unsaturated/α-hetero) is 1. The minimum Gasteiger partial charge on any atom is -0.454 e. The van der Waals surface area contributed by atoms with Crippen LogP contribution >= 0.6 is 0 Å². The first-order chi connectivity index (χ1) is 13.9. The van der Waals surface area contributed by atoms with E-state index in [9.17, 15) is 14.4 Å². The second kappa shape index (κ2) is 8.91. The van der Waals surface area contributed by atoms with E-state index < -0.39 is 17.0 Å². The summed E-state index contributed by atoms with van der Waals surface area (Å²) in [5.41, 5.74) is 1.83. The molecule has 2 aliphatic rings. The molecule has 5 nitrogen and oxygen atoms in total. The van der Waals surface area contributed by atoms with E-state index in [1.54, 1.807) is 39.8 Å². The largest absolute Gasteiger partial charge is 0.454 e. The predicted octanol–water partition coefficient (Wildman–Crippen LogP) is 5.25. The molecule has 5 heteroatoms. The zero-order valence-corrected chi connectivity index (χ0v) is 19.7. The average molecular weight is 417 g/mol. The highest BCUT2D eigenvalue weighted by Gasteiger charge is 2.52. The van der Waals surface area contributed by atoms with Gasteiger partial charge in [-0.15, -0.1) is 0 Å². The number of carbonyl (C=O) groups is 3. The third kappa shape index (κ3) is 4.60. The molecule has 0 amide bonds. The topological polar surface area (TPSA) is 69.7 Å². The summed E-state index contributed by atoms with van der Waals surface area (Å²) >= 11 is 0. The highest BCUT2D eigenvalue weighted by molar-refractivity contribution is 5.94. The average Bonchev–Trinajstić information content (AvgIpc) is 2.90. The van der Waals surface area contributed by atoms with Gasteiger partial charge >= 0.3 is 11.9 Å². The molecule has 0 heterocycles. The lowest BCUT2D eigenvalue weighted by molar-refractivity contribution is -0.163. The molecule has 30 heavy (non-hydrogen) atoms. The summed E-state index contributed by atoms with van der Waals surface area (Å²) in [6.45, 7) is 15.0. The molecule has 0 aromatic rings. The van der Waals surface area contributed by atoms with Crippen molar-refractivity contribution in [2.75, 3.05) is 0 Å². The Balaban J connectivity index is 2.38. The quantitative estimate of drug-likeness (QED) is 0.348. The van der Waals surface area contributed by atoms with Gasteiger partial charge in [-0.05, 0) is 70.8 Å². The molecule has 0 bridgehead atoms. The fourth-order valence-electron chi connectivity index (χ4n) is 4.53. The van der Waals surface area contributed by atoms with Crippen LogP contribution < -0.4 is 0 Å². The molecular weight excluding hydrogens is 380 g/mol. The Kier molecular flexibility index (Phi) is 7.16. The second-order valence-electron chi connectivity index (χ2n) is 9.41. The van der Waals surface area contributed by atoms with Crippen LogP contribution in [0.1, 0.15) is 81.1 Å². The Morgan fingerprint density at radius 1 is 1.07 bits per heavy atom. The normalized spacial score (nSPS) is 30.3. The van der Waals surface area contributed by atoms with Crippen LogP contribution in [-0.4, -0.2) is 29.4 Å². The maximum Gasteiger partial charge on any atom is 0.334 e. The lowest BCUT2D eigenvalue weighted by Gasteiger charge is -2.29. The van der Waals surface area contributed by atoms with Gasteiger partial charge in [-0.1, -0.05) is 38.5 Å². The molecule has 2 aliphatic carbocycles. The van der Waals surface area contributed by atoms with Gasteiger partial charge in [0, 0.05) is 17.6 Å². The standard InChI is InChI=1S/C25H36O5/c1-9-16(5)22(27)29-19-13-24(7)14-20(26)25(8,30-23(28)17(6)10-2)12-11-18(24)21(19)15(3)4/h9-10,15,19H,11-14H2,1-8H3. The molecule has 0 aliphatic heterocycles. The Morgan fingerprint density at radius 2 is 1.63 bits per heavy atom. The van der Waals surface area contributed by atoms with Gasteiger partial charge in [-0.3, -0.25) is 4.79 Å². The monoisotopic (exact) mass is 416 g/mol. The van der Waals surface area contributed by atoms with Crippen LogP contribution in [-0.2, 0) is 23.9 Å². The molecule has 0 N–H and O–H groups in total. The van der Waals surface area contributed by atoms with E-state index in [2.05, 4.69) is 20.8 Å². The van der Waals surface area contributed by atoms with Crippen molar-refractivity contribution >= 4 is 17.7 Å². The van der Waals surface area contributed by atoms with Crippen LogP contribution in [0, 0.1) is 11.3 Å². The smallest absolute Gasteiger partial charge is 0.334 e. The summed E-state index contributed by atoms with van der Waals surface area (Å²) in [7, 11) is 0. The number of carbonyl (C=O) groups excluding carboxylic acids is 3. The highest BCUT2D eigenvalue weighted by Crippen LogP contribution is 2.54. The van der Waals surface area contributed by atoms with E-state index in [1.165, 1.54) is 5.57 Å². The summed E-state index contributed by atoms with van der Waals surface area (Å²) < 4.78 is 11.6. The third-order valence-electron chi connectivity index (χ3n) is 6.75. The number of hydrogen-bond acceptors (Lipinski definition) is 5. The van der Waals surface area contributed by atoms with Crippen LogP contribution in [0.5, 0.6) is 0 Å². The minimum absolute atomic E-state index is 0.0722. The molecule has 0 radical (unpaired) electrons. The number of ether oxygens (including phenoxy) is 2. The molecule has 1 fully saturated rings. The fraction of sp³-hybridized carbons (Fsp3) is 0.640. The van der Waals surface area contributed by atoms with Crippen molar-refractivity contribution in [2.45, 2.75) is 92.8 Å². The maximum atomic E-state index is 13.3. The summed E-state index contributed by atoms with van der Waals surface area (Å²) in [5, 5.41) is 0. The van der Waals surface area contributed by atoms with E-state index >= 15 is 0 Å². The van der Waals surface area contributed by atoms with E-state index in [1.807, 2.05) is 6.92 Å². The molecule has 0 saturated heterocycles. The van der Waals surface area contributed by atoms with E-state index in [4.69, 9.17) is 9.47 Å². The Labute approximate surface area is 180 Å². The molecule has 166 valence electrons. The zero-order chi connectivity index (χ0) is 22.9. The third-order valence-corrected chi connectivity index (χ3v) is 6.75. The molecule has 0 aromatic heterocycles. The number of rotatable bonds is 5. The fourth-order valence-corrected chi connectivity index (χ4v) is 4.53. The molecule has 0 spiro atoms. The minimum atomic E-state index is -1.14. The van der Waals surface area contributed by atoms with Gasteiger partial charge in [-0.2, -0.15) is 0 Å². The number of fused-ring (bicyclic) bond motifs is 1. The molecule has 1 saturated carbocycles. The van der Waals surface area contributed by atoms with Crippen molar-refractivity contribution in [1.82, 2.24) is 0 Å². The van der Waals surface area contributed by atoms with Crippen LogP contribution in [0.15, 0.2) is 34.4 Å². The summed E-state index contributed by atoms with van der Waals surface area (Å²) in [4.78, 5) is 38.0. The zero-order valence-electron chi connectivity index (χ0n) is 19.7. The van der Waals surface area contributed by atoms with Gasteiger partial charge < -0.3 is 9.47 Å². The van der Waals surface area contributed by atoms with Gasteiger partial charge in [0.15, 0.2) is 11.4 Å². The lowest BCUT2D eigenvalue weighted by Crippen LogP contribution is -2.41. The van der Waals surface area contributed by atoms with Gasteiger partial charge in [0.2, 0.25) is 0 Å². The van der Waals surface area contributed by atoms with Crippen molar-refractivity contribution < 1.29 is 23.9 Å². The molecular formula is C25H36O5. The van der Waals surface area contributed by atoms with E-state index in [0.717, 1.165) is 5.57 Å². The highest BCUT2D eigenvalue weighted by atomic mass is 16.6. The second-order valence-corrected chi connectivity index (χ2v) is 9.41. The van der Waals surface area contributed by atoms with Gasteiger partial charge in [0.05, 0.1) is 0 Å². The first-order valence-electron chi connectivity index (χ1n) is 10.9. The Morgan fingerprint density at radius 3 is 2.17 bits per heavy atom. The number of allylic oxidation sites excluding steroid dienone is 3. The summed E-state index contributed by atoms with van der Waals surface area (Å²) in [5.74, 6) is -0.639. The van der Waals surface area contributed by atoms with E-state index in [-0.39, 0.29) is 30.2 Å². The van der Waals surface area contributed by atoms with Crippen LogP contribution in [0.2, 0.25) is 0 Å². The van der Waals surface area contributed by atoms with Crippen LogP contribution in [0.25, 0.3) is 0 Å². The first kappa shape index (κ1) is 24.1. The number of hydrogen-bond donors (Lipinski definition) is 0. The summed E-state index contributed by atoms with van der Waals surface area (Å²) in [6.07, 6.45) is 5.05. The lowest BCUT2D eigenvalue weighted by atomic mass is 9.78. The Bertz CT molecular complexity index is 828. The van der Waals surface area contributed by atoms with Crippen molar-refractivity contribution in [1.29, 1.82) is 0 Å². The van der Waals surface area contributed by atoms with E-state index in [0.29, 0.717) is 30.4 Å². The van der Waals surface area contributed by atoms with Crippen LogP contribution in [0.4, 0.5) is 0 Å². The number of esters is 2. The molecule has 3 unspecified atom stereocenters. The number of ketones is 1. The maximum absolute atomic E-state index is 13.3. The molecule has 3 atom stereocenters. The van der Waals surface area contributed by atoms with Crippen LogP contribution in [0.3, 0.4) is 0 Å². The Hall–Kier alpha value is -2.17. The van der Waals surface area contributed by atoms with Gasteiger partial charge in [-0.25, -0.2) is 9.59 Å². The molecule has 2 rings (SSSR count). The van der Waals surface area contributed by atoms with Crippen molar-refractivity contribution in [3.8, 4) is 0 Å². The molecule has 0 aromatic carbocycles. The summed E-state index contributed by atoms with van der Waals surface area (Å²) in [6, 6.07) is 0. The predicted molar refractivity (Wildman–Crippen MR) is 117 cm³/mol. The van der Waals surface area contributed by atoms with Crippen molar-refractivity contribution in [3.05, 3.63) is 34.4 Å². The van der Waals surface area contributed by atoms with Gasteiger partial charge in [0.25, 0.3) is 0 Å². The van der Waals surface area contributed by atoms with Crippen molar-refractivity contribution in [3.63, 3.8) is 0 Å².